The van der Waals surface area contributed by atoms with Gasteiger partial charge in [0.2, 0.25) is 0 Å². The second kappa shape index (κ2) is 5.71. The lowest BCUT2D eigenvalue weighted by molar-refractivity contribution is -0.111. The van der Waals surface area contributed by atoms with Gasteiger partial charge in [-0.05, 0) is 112 Å². The van der Waals surface area contributed by atoms with Gasteiger partial charge in [-0.25, -0.2) is 0 Å². The van der Waals surface area contributed by atoms with Gasteiger partial charge in [0.25, 0.3) is 0 Å². The van der Waals surface area contributed by atoms with E-state index >= 15 is 0 Å². The van der Waals surface area contributed by atoms with Crippen LogP contribution in [0.5, 0.6) is 0 Å². The van der Waals surface area contributed by atoms with Crippen LogP contribution in [0.4, 0.5) is 0 Å². The Balaban J connectivity index is 1.58. The molecule has 0 aromatic rings. The van der Waals surface area contributed by atoms with E-state index < -0.39 is 5.60 Å². The number of aliphatic hydroxyl groups is 2. The molecule has 0 radical (unpaired) electrons. The van der Waals surface area contributed by atoms with Crippen LogP contribution >= 0.6 is 0 Å². The summed E-state index contributed by atoms with van der Waals surface area (Å²) >= 11 is 0. The van der Waals surface area contributed by atoms with Crippen molar-refractivity contribution in [1.29, 1.82) is 0 Å². The molecule has 2 nitrogen and oxygen atoms in total. The van der Waals surface area contributed by atoms with E-state index in [0.717, 1.165) is 48.3 Å². The summed E-state index contributed by atoms with van der Waals surface area (Å²) in [5, 5.41) is 20.9. The van der Waals surface area contributed by atoms with Crippen LogP contribution < -0.4 is 0 Å². The molecular formula is C22H38O2. The summed E-state index contributed by atoms with van der Waals surface area (Å²) in [5.74, 6) is 5.50. The summed E-state index contributed by atoms with van der Waals surface area (Å²) < 4.78 is 0. The first kappa shape index (κ1) is 17.3. The van der Waals surface area contributed by atoms with Crippen molar-refractivity contribution in [3.8, 4) is 0 Å². The third kappa shape index (κ3) is 2.50. The number of hydrogen-bond donors (Lipinski definition) is 2. The van der Waals surface area contributed by atoms with E-state index in [1.807, 2.05) is 6.92 Å². The summed E-state index contributed by atoms with van der Waals surface area (Å²) in [6.45, 7) is 9.05. The average molecular weight is 335 g/mol. The predicted molar refractivity (Wildman–Crippen MR) is 97.5 cm³/mol. The zero-order chi connectivity index (χ0) is 17.3. The lowest BCUT2D eigenvalue weighted by atomic mass is 9.48. The fraction of sp³-hybridized carbons (Fsp3) is 1.00. The van der Waals surface area contributed by atoms with E-state index in [-0.39, 0.29) is 6.10 Å². The normalized spacial score (nSPS) is 58.5. The Morgan fingerprint density at radius 1 is 0.958 bits per heavy atom. The summed E-state index contributed by atoms with van der Waals surface area (Å²) in [6.07, 6.45) is 9.76. The van der Waals surface area contributed by atoms with Crippen LogP contribution in [0.25, 0.3) is 0 Å². The highest BCUT2D eigenvalue weighted by Gasteiger charge is 2.60. The third-order valence-electron chi connectivity index (χ3n) is 9.20. The molecule has 0 spiro atoms. The van der Waals surface area contributed by atoms with Gasteiger partial charge in [0.15, 0.2) is 0 Å². The van der Waals surface area contributed by atoms with E-state index in [1.54, 1.807) is 0 Å². The fourth-order valence-electron chi connectivity index (χ4n) is 8.43. The molecular weight excluding hydrogens is 296 g/mol. The lowest BCUT2D eigenvalue weighted by Gasteiger charge is -2.57. The summed E-state index contributed by atoms with van der Waals surface area (Å²) in [4.78, 5) is 0. The minimum Gasteiger partial charge on any atom is -0.393 e. The van der Waals surface area contributed by atoms with Gasteiger partial charge in [-0.2, -0.15) is 0 Å². The van der Waals surface area contributed by atoms with E-state index in [9.17, 15) is 10.2 Å². The Bertz CT molecular complexity index is 484. The molecule has 0 aliphatic heterocycles. The van der Waals surface area contributed by atoms with Crippen LogP contribution in [0.3, 0.4) is 0 Å². The number of fused-ring (bicyclic) bond motifs is 5. The minimum absolute atomic E-state index is 0.153. The molecule has 0 amide bonds. The standard InChI is InChI=1S/C22H38O2/c1-13-11-19(14(2)23)22(4)10-8-17-16-7-9-21(3,24)12-15(16)5-6-18(17)20(13)22/h13-20,23-24H,5-12H2,1-4H3/t13-,14-,15-,16+,17-,18-,19-,20+,21-,22-/m1/s1. The maximum atomic E-state index is 10.5. The molecule has 2 N–H and O–H groups in total. The second-order valence-corrected chi connectivity index (χ2v) is 10.7. The van der Waals surface area contributed by atoms with Crippen molar-refractivity contribution in [1.82, 2.24) is 0 Å². The highest BCUT2D eigenvalue weighted by molar-refractivity contribution is 5.09. The maximum Gasteiger partial charge on any atom is 0.0622 e. The molecule has 24 heavy (non-hydrogen) atoms. The molecule has 10 atom stereocenters. The predicted octanol–water partition coefficient (Wildman–Crippen LogP) is 4.63. The monoisotopic (exact) mass is 334 g/mol. The minimum atomic E-state index is -0.407. The fourth-order valence-corrected chi connectivity index (χ4v) is 8.43. The average Bonchev–Trinajstić information content (AvgIpc) is 2.77. The SMILES string of the molecule is C[C@@H]1C[C@H]([C@@H](C)O)[C@@]2(C)CC[C@H]3[C@@H](CC[C@@H]4C[C@](C)(O)CC[C@@H]43)[C@H]12. The summed E-state index contributed by atoms with van der Waals surface area (Å²) in [7, 11) is 0. The molecule has 0 saturated heterocycles. The molecule has 4 aliphatic carbocycles. The molecule has 4 rings (SSSR count). The molecule has 0 unspecified atom stereocenters. The summed E-state index contributed by atoms with van der Waals surface area (Å²) in [5.41, 5.74) is -0.0446. The van der Waals surface area contributed by atoms with Gasteiger partial charge in [0, 0.05) is 0 Å². The first-order chi connectivity index (χ1) is 11.2. The van der Waals surface area contributed by atoms with Gasteiger partial charge in [-0.3, -0.25) is 0 Å². The van der Waals surface area contributed by atoms with Crippen molar-refractivity contribution in [2.24, 2.45) is 46.8 Å². The molecule has 138 valence electrons. The lowest BCUT2D eigenvalue weighted by Crippen LogP contribution is -2.51. The van der Waals surface area contributed by atoms with Crippen molar-refractivity contribution in [2.75, 3.05) is 0 Å². The topological polar surface area (TPSA) is 40.5 Å². The second-order valence-electron chi connectivity index (χ2n) is 10.7. The maximum absolute atomic E-state index is 10.5. The third-order valence-corrected chi connectivity index (χ3v) is 9.20. The van der Waals surface area contributed by atoms with Crippen molar-refractivity contribution in [3.05, 3.63) is 0 Å². The van der Waals surface area contributed by atoms with Gasteiger partial charge >= 0.3 is 0 Å². The molecule has 4 fully saturated rings. The quantitative estimate of drug-likeness (QED) is 0.734. The van der Waals surface area contributed by atoms with Crippen LogP contribution in [0, 0.1) is 46.8 Å². The van der Waals surface area contributed by atoms with Crippen molar-refractivity contribution in [3.63, 3.8) is 0 Å². The highest BCUT2D eigenvalue weighted by Crippen LogP contribution is 2.66. The van der Waals surface area contributed by atoms with Gasteiger partial charge in [0.05, 0.1) is 11.7 Å². The van der Waals surface area contributed by atoms with E-state index in [2.05, 4.69) is 20.8 Å². The molecule has 4 aliphatic rings. The van der Waals surface area contributed by atoms with Gasteiger partial charge in [-0.15, -0.1) is 0 Å². The number of aliphatic hydroxyl groups excluding tert-OH is 1. The van der Waals surface area contributed by atoms with Gasteiger partial charge in [-0.1, -0.05) is 13.8 Å². The van der Waals surface area contributed by atoms with E-state index in [4.69, 9.17) is 0 Å². The van der Waals surface area contributed by atoms with Gasteiger partial charge < -0.3 is 10.2 Å². The molecule has 0 aromatic heterocycles. The Hall–Kier alpha value is -0.0800. The number of rotatable bonds is 1. The Morgan fingerprint density at radius 3 is 2.38 bits per heavy atom. The molecule has 0 bridgehead atoms. The molecule has 2 heteroatoms. The Labute approximate surface area is 148 Å². The van der Waals surface area contributed by atoms with Crippen molar-refractivity contribution in [2.45, 2.75) is 90.8 Å². The van der Waals surface area contributed by atoms with E-state index in [0.29, 0.717) is 11.3 Å². The summed E-state index contributed by atoms with van der Waals surface area (Å²) in [6, 6.07) is 0. The number of hydrogen-bond acceptors (Lipinski definition) is 2. The molecule has 0 aromatic carbocycles. The molecule has 4 saturated carbocycles. The van der Waals surface area contributed by atoms with Gasteiger partial charge in [0.1, 0.15) is 0 Å². The van der Waals surface area contributed by atoms with Crippen LogP contribution in [0.15, 0.2) is 0 Å². The zero-order valence-corrected chi connectivity index (χ0v) is 16.2. The van der Waals surface area contributed by atoms with E-state index in [1.165, 1.54) is 38.5 Å². The van der Waals surface area contributed by atoms with Crippen LogP contribution in [0.2, 0.25) is 0 Å². The van der Waals surface area contributed by atoms with Crippen LogP contribution in [0.1, 0.15) is 79.1 Å². The molecule has 0 heterocycles. The Morgan fingerprint density at radius 2 is 1.67 bits per heavy atom. The smallest absolute Gasteiger partial charge is 0.0622 e. The zero-order valence-electron chi connectivity index (χ0n) is 16.2. The van der Waals surface area contributed by atoms with Crippen LogP contribution in [-0.2, 0) is 0 Å². The first-order valence-electron chi connectivity index (χ1n) is 10.6. The van der Waals surface area contributed by atoms with Crippen molar-refractivity contribution < 1.29 is 10.2 Å². The Kier molecular flexibility index (Phi) is 4.12. The van der Waals surface area contributed by atoms with Crippen molar-refractivity contribution >= 4 is 0 Å². The largest absolute Gasteiger partial charge is 0.393 e. The highest BCUT2D eigenvalue weighted by atomic mass is 16.3. The first-order valence-corrected chi connectivity index (χ1v) is 10.6. The van der Waals surface area contributed by atoms with Crippen LogP contribution in [-0.4, -0.2) is 21.9 Å².